The molecule has 0 aromatic heterocycles. The number of ketones is 1. The van der Waals surface area contributed by atoms with E-state index in [2.05, 4.69) is 47.6 Å². The zero-order chi connectivity index (χ0) is 41.7. The van der Waals surface area contributed by atoms with Crippen LogP contribution in [0.1, 0.15) is 134 Å². The molecule has 1 aliphatic heterocycles. The number of hydrogen-bond acceptors (Lipinski definition) is 12. The first-order valence-electron chi connectivity index (χ1n) is 20.8. The van der Waals surface area contributed by atoms with Gasteiger partial charge >= 0.3 is 23.9 Å². The van der Waals surface area contributed by atoms with Gasteiger partial charge in [-0.3, -0.25) is 24.0 Å². The van der Waals surface area contributed by atoms with Crippen LogP contribution in [0.3, 0.4) is 0 Å². The highest BCUT2D eigenvalue weighted by molar-refractivity contribution is 5.81. The number of ether oxygens (including phenoxy) is 6. The first-order valence-corrected chi connectivity index (χ1v) is 20.8. The highest BCUT2D eigenvalue weighted by Gasteiger charge is 2.71. The standard InChI is InChI=1S/C44H68O12/c1-23(2)30(49)14-13-24(3)29-15-19-44(12)36(29)31(21-34-42(10)18-17-35(50)41(8,9)33(42)16-20-43(34,44)11)55-40-39(54-28(7)48)38(53-27(6)47)37(52-26(5)46)32(56-40)22-51-25(4)45/h13,23,29,31-40,50H,14-22H2,1-12H3/b24-13+/t29-,31-,32-,33+,34-,35-,36+,37-,38+,39-,40-,42+,43-,44-/m1/s1. The van der Waals surface area contributed by atoms with Crippen LogP contribution >= 0.6 is 0 Å². The van der Waals surface area contributed by atoms with Crippen LogP contribution in [0.25, 0.3) is 0 Å². The van der Waals surface area contributed by atoms with Crippen LogP contribution in [0.15, 0.2) is 11.6 Å². The van der Waals surface area contributed by atoms with Gasteiger partial charge < -0.3 is 33.5 Å². The Bertz CT molecular complexity index is 1550. The van der Waals surface area contributed by atoms with Crippen LogP contribution in [0.4, 0.5) is 0 Å². The summed E-state index contributed by atoms with van der Waals surface area (Å²) in [6.07, 6.45) is 1.39. The monoisotopic (exact) mass is 788 g/mol. The summed E-state index contributed by atoms with van der Waals surface area (Å²) >= 11 is 0. The molecule has 0 bridgehead atoms. The summed E-state index contributed by atoms with van der Waals surface area (Å²) < 4.78 is 36.5. The molecule has 1 N–H and O–H groups in total. The van der Waals surface area contributed by atoms with E-state index in [1.807, 2.05) is 13.8 Å². The maximum atomic E-state index is 12.8. The number of allylic oxidation sites excluding steroid dienone is 2. The zero-order valence-corrected chi connectivity index (χ0v) is 35.8. The van der Waals surface area contributed by atoms with Gasteiger partial charge in [0.1, 0.15) is 18.5 Å². The number of aliphatic hydroxyl groups excluding tert-OH is 1. The molecule has 0 spiro atoms. The Morgan fingerprint density at radius 1 is 0.750 bits per heavy atom. The van der Waals surface area contributed by atoms with Gasteiger partial charge in [0, 0.05) is 40.0 Å². The summed E-state index contributed by atoms with van der Waals surface area (Å²) in [5.41, 5.74) is 0.467. The van der Waals surface area contributed by atoms with Gasteiger partial charge in [-0.1, -0.05) is 60.1 Å². The predicted molar refractivity (Wildman–Crippen MR) is 205 cm³/mol. The number of carbonyl (C=O) groups excluding carboxylic acids is 5. The lowest BCUT2D eigenvalue weighted by atomic mass is 9.35. The molecular formula is C44H68O12. The van der Waals surface area contributed by atoms with Crippen molar-refractivity contribution in [2.45, 2.75) is 177 Å². The SMILES string of the molecule is CC(=O)OC[C@H]1O[C@@H](O[C@@H]2C[C@@H]3[C@@]4(C)CC[C@@H](O)C(C)(C)[C@@H]4CC[C@@]3(C)[C@]3(C)CC[C@H](/C(C)=C/CC(=O)C(C)C)[C@@H]23)[C@H](OC(C)=O)[C@@H](OC(C)=O)[C@@H]1OC(C)=O. The minimum atomic E-state index is -1.33. The average molecular weight is 789 g/mol. The third kappa shape index (κ3) is 8.09. The minimum absolute atomic E-state index is 0.0247. The Kier molecular flexibility index (Phi) is 13.0. The molecule has 5 fully saturated rings. The highest BCUT2D eigenvalue weighted by Crippen LogP contribution is 2.76. The van der Waals surface area contributed by atoms with E-state index in [-0.39, 0.29) is 63.6 Å². The molecule has 5 aliphatic rings. The number of Topliss-reactive ketones (excluding diaryl/α,β-unsaturated/α-hetero) is 1. The van der Waals surface area contributed by atoms with Crippen molar-refractivity contribution in [2.75, 3.05) is 6.61 Å². The summed E-state index contributed by atoms with van der Waals surface area (Å²) in [5.74, 6) is -2.02. The molecule has 56 heavy (non-hydrogen) atoms. The Balaban J connectivity index is 1.63. The van der Waals surface area contributed by atoms with Gasteiger partial charge in [0.2, 0.25) is 0 Å². The van der Waals surface area contributed by atoms with E-state index in [1.165, 1.54) is 27.7 Å². The fraction of sp³-hybridized carbons (Fsp3) is 0.841. The largest absolute Gasteiger partial charge is 0.463 e. The Morgan fingerprint density at radius 2 is 1.34 bits per heavy atom. The van der Waals surface area contributed by atoms with E-state index < -0.39 is 66.8 Å². The molecule has 4 aliphatic carbocycles. The maximum absolute atomic E-state index is 12.8. The Hall–Kier alpha value is -2.83. The van der Waals surface area contributed by atoms with Crippen LogP contribution in [-0.4, -0.2) is 84.3 Å². The number of carbonyl (C=O) groups is 5. The van der Waals surface area contributed by atoms with E-state index in [0.29, 0.717) is 19.3 Å². The van der Waals surface area contributed by atoms with E-state index in [9.17, 15) is 29.1 Å². The van der Waals surface area contributed by atoms with Gasteiger partial charge in [0.05, 0.1) is 12.2 Å². The quantitative estimate of drug-likeness (QED) is 0.103. The molecule has 4 saturated carbocycles. The van der Waals surface area contributed by atoms with Crippen molar-refractivity contribution in [1.82, 2.24) is 0 Å². The highest BCUT2D eigenvalue weighted by atomic mass is 16.7. The van der Waals surface area contributed by atoms with E-state index in [1.54, 1.807) is 0 Å². The number of rotatable bonds is 11. The summed E-state index contributed by atoms with van der Waals surface area (Å²) in [6, 6.07) is 0. The first-order chi connectivity index (χ1) is 26.0. The van der Waals surface area contributed by atoms with Gasteiger partial charge in [-0.15, -0.1) is 0 Å². The van der Waals surface area contributed by atoms with Gasteiger partial charge in [0.25, 0.3) is 0 Å². The molecule has 316 valence electrons. The molecular weight excluding hydrogens is 720 g/mol. The van der Waals surface area contributed by atoms with Gasteiger partial charge in [-0.25, -0.2) is 0 Å². The second-order valence-corrected chi connectivity index (χ2v) is 19.3. The van der Waals surface area contributed by atoms with Gasteiger partial charge in [0.15, 0.2) is 24.6 Å². The summed E-state index contributed by atoms with van der Waals surface area (Å²) in [6.45, 7) is 22.2. The number of hydrogen-bond donors (Lipinski definition) is 1. The first kappa shape index (κ1) is 44.3. The summed E-state index contributed by atoms with van der Waals surface area (Å²) in [5, 5.41) is 11.3. The average Bonchev–Trinajstić information content (AvgIpc) is 3.46. The Morgan fingerprint density at radius 3 is 1.93 bits per heavy atom. The van der Waals surface area contributed by atoms with Crippen molar-refractivity contribution in [1.29, 1.82) is 0 Å². The van der Waals surface area contributed by atoms with Crippen LogP contribution in [0.5, 0.6) is 0 Å². The molecule has 1 saturated heterocycles. The number of fused-ring (bicyclic) bond motifs is 5. The number of esters is 4. The Labute approximate surface area is 333 Å². The smallest absolute Gasteiger partial charge is 0.303 e. The third-order valence-electron chi connectivity index (χ3n) is 15.5. The maximum Gasteiger partial charge on any atom is 0.303 e. The van der Waals surface area contributed by atoms with Gasteiger partial charge in [-0.05, 0) is 97.2 Å². The van der Waals surface area contributed by atoms with Crippen LogP contribution < -0.4 is 0 Å². The topological polar surface area (TPSA) is 161 Å². The normalized spacial score (nSPS) is 41.8. The molecule has 14 atom stereocenters. The second-order valence-electron chi connectivity index (χ2n) is 19.3. The molecule has 1 heterocycles. The fourth-order valence-corrected chi connectivity index (χ4v) is 12.5. The van der Waals surface area contributed by atoms with Crippen molar-refractivity contribution in [3.05, 3.63) is 11.6 Å². The van der Waals surface area contributed by atoms with Crippen molar-refractivity contribution in [3.8, 4) is 0 Å². The second kappa shape index (κ2) is 16.4. The van der Waals surface area contributed by atoms with E-state index >= 15 is 0 Å². The van der Waals surface area contributed by atoms with Crippen molar-refractivity contribution < 1.29 is 57.5 Å². The minimum Gasteiger partial charge on any atom is -0.463 e. The predicted octanol–water partition coefficient (Wildman–Crippen LogP) is 6.67. The fourth-order valence-electron chi connectivity index (χ4n) is 12.5. The van der Waals surface area contributed by atoms with Gasteiger partial charge in [-0.2, -0.15) is 0 Å². The van der Waals surface area contributed by atoms with Crippen LogP contribution in [0.2, 0.25) is 0 Å². The summed E-state index contributed by atoms with van der Waals surface area (Å²) in [4.78, 5) is 62.7. The van der Waals surface area contributed by atoms with Crippen LogP contribution in [-0.2, 0) is 52.4 Å². The van der Waals surface area contributed by atoms with E-state index in [0.717, 1.165) is 37.7 Å². The zero-order valence-electron chi connectivity index (χ0n) is 35.8. The van der Waals surface area contributed by atoms with E-state index in [4.69, 9.17) is 28.4 Å². The van der Waals surface area contributed by atoms with Crippen molar-refractivity contribution >= 4 is 29.7 Å². The molecule has 0 aromatic rings. The molecule has 12 heteroatoms. The molecule has 12 nitrogen and oxygen atoms in total. The van der Waals surface area contributed by atoms with Crippen molar-refractivity contribution in [3.63, 3.8) is 0 Å². The molecule has 0 unspecified atom stereocenters. The number of aliphatic hydroxyl groups is 1. The molecule has 0 radical (unpaired) electrons. The van der Waals surface area contributed by atoms with Crippen LogP contribution in [0, 0.1) is 51.2 Å². The summed E-state index contributed by atoms with van der Waals surface area (Å²) in [7, 11) is 0. The van der Waals surface area contributed by atoms with Crippen molar-refractivity contribution in [2.24, 2.45) is 51.2 Å². The lowest BCUT2D eigenvalue weighted by Crippen LogP contribution is -2.67. The third-order valence-corrected chi connectivity index (χ3v) is 15.5. The molecule has 0 amide bonds. The lowest BCUT2D eigenvalue weighted by molar-refractivity contribution is -0.336. The lowest BCUT2D eigenvalue weighted by Gasteiger charge is -2.70. The molecule has 0 aromatic carbocycles. The molecule has 5 rings (SSSR count).